The van der Waals surface area contributed by atoms with Gasteiger partial charge < -0.3 is 36.1 Å². The standard InChI is InChI=1S/C24H25N3O3.ClH/c1-29-20-11-13-21(14-12-20)30-17-19(28)16-27-23-10-6-5-9-22(23)26(24(27)25)15-18-7-3-2-4-8-18;/h2-14,19,25,28H,15-17H2,1H3;1H/p-1. The number of benzene rings is 3. The number of halogens is 1. The molecule has 0 amide bonds. The fourth-order valence-corrected chi connectivity index (χ4v) is 3.53. The van der Waals surface area contributed by atoms with Crippen molar-refractivity contribution in [3.63, 3.8) is 0 Å². The van der Waals surface area contributed by atoms with Crippen molar-refractivity contribution in [2.75, 3.05) is 13.7 Å². The van der Waals surface area contributed by atoms with Crippen molar-refractivity contribution in [2.45, 2.75) is 19.2 Å². The average Bonchev–Trinajstić information content (AvgIpc) is 3.05. The van der Waals surface area contributed by atoms with Gasteiger partial charge in [-0.2, -0.15) is 0 Å². The molecule has 1 aromatic heterocycles. The number of para-hydroxylation sites is 2. The molecule has 162 valence electrons. The van der Waals surface area contributed by atoms with Crippen LogP contribution in [0.3, 0.4) is 0 Å². The molecule has 1 unspecified atom stereocenters. The van der Waals surface area contributed by atoms with Crippen LogP contribution in [0.5, 0.6) is 11.5 Å². The van der Waals surface area contributed by atoms with Crippen LogP contribution in [0.4, 0.5) is 0 Å². The lowest BCUT2D eigenvalue weighted by atomic mass is 10.2. The fraction of sp³-hybridized carbons (Fsp3) is 0.208. The second-order valence-corrected chi connectivity index (χ2v) is 7.14. The zero-order valence-electron chi connectivity index (χ0n) is 17.2. The average molecular weight is 439 g/mol. The third-order valence-electron chi connectivity index (χ3n) is 5.05. The Labute approximate surface area is 187 Å². The molecule has 1 heterocycles. The van der Waals surface area contributed by atoms with Gasteiger partial charge in [-0.15, -0.1) is 0 Å². The van der Waals surface area contributed by atoms with Crippen molar-refractivity contribution in [3.05, 3.63) is 90.0 Å². The number of ether oxygens (including phenoxy) is 2. The summed E-state index contributed by atoms with van der Waals surface area (Å²) in [6.45, 7) is 1.01. The van der Waals surface area contributed by atoms with Crippen LogP contribution in [0.15, 0.2) is 78.9 Å². The van der Waals surface area contributed by atoms with Crippen LogP contribution < -0.4 is 27.5 Å². The Morgan fingerprint density at radius 3 is 2.06 bits per heavy atom. The monoisotopic (exact) mass is 438 g/mol. The lowest BCUT2D eigenvalue weighted by Gasteiger charge is -2.14. The normalized spacial score (nSPS) is 11.7. The lowest BCUT2D eigenvalue weighted by Crippen LogP contribution is -3.00. The molecule has 0 bridgehead atoms. The zero-order valence-corrected chi connectivity index (χ0v) is 18.0. The summed E-state index contributed by atoms with van der Waals surface area (Å²) in [5.41, 5.74) is 3.36. The number of methoxy groups -OCH3 is 1. The first-order valence-corrected chi connectivity index (χ1v) is 9.87. The Morgan fingerprint density at radius 2 is 1.42 bits per heavy atom. The summed E-state index contributed by atoms with van der Waals surface area (Å²) >= 11 is 0. The van der Waals surface area contributed by atoms with Gasteiger partial charge in [-0.25, -0.2) is 0 Å². The van der Waals surface area contributed by atoms with E-state index < -0.39 is 6.10 Å². The van der Waals surface area contributed by atoms with Crippen molar-refractivity contribution >= 4 is 11.0 Å². The minimum atomic E-state index is -0.753. The van der Waals surface area contributed by atoms with Gasteiger partial charge in [0.1, 0.15) is 24.2 Å². The van der Waals surface area contributed by atoms with Gasteiger partial charge in [0, 0.05) is 0 Å². The van der Waals surface area contributed by atoms with Crippen LogP contribution in [0, 0.1) is 5.41 Å². The van der Waals surface area contributed by atoms with E-state index in [-0.39, 0.29) is 25.6 Å². The largest absolute Gasteiger partial charge is 1.00 e. The van der Waals surface area contributed by atoms with Gasteiger partial charge in [-0.1, -0.05) is 42.5 Å². The molecule has 0 aliphatic rings. The Morgan fingerprint density at radius 1 is 0.839 bits per heavy atom. The maximum atomic E-state index is 10.6. The highest BCUT2D eigenvalue weighted by atomic mass is 35.5. The third-order valence-corrected chi connectivity index (χ3v) is 5.05. The van der Waals surface area contributed by atoms with E-state index in [1.54, 1.807) is 19.2 Å². The number of nitrogens with zero attached hydrogens (tertiary/aromatic N) is 2. The van der Waals surface area contributed by atoms with E-state index in [1.165, 1.54) is 0 Å². The summed E-state index contributed by atoms with van der Waals surface area (Å²) in [4.78, 5) is 0. The van der Waals surface area contributed by atoms with Crippen molar-refractivity contribution in [1.29, 1.82) is 5.41 Å². The maximum Gasteiger partial charge on any atom is 0.203 e. The predicted molar refractivity (Wildman–Crippen MR) is 116 cm³/mol. The summed E-state index contributed by atoms with van der Waals surface area (Å²) in [5.74, 6) is 1.42. The number of hydrogen-bond acceptors (Lipinski definition) is 4. The van der Waals surface area contributed by atoms with Crippen molar-refractivity contribution < 1.29 is 27.0 Å². The zero-order chi connectivity index (χ0) is 20.9. The Bertz CT molecular complexity index is 1170. The summed E-state index contributed by atoms with van der Waals surface area (Å²) in [6, 6.07) is 25.2. The number of aromatic nitrogens is 2. The summed E-state index contributed by atoms with van der Waals surface area (Å²) < 4.78 is 14.6. The molecule has 0 radical (unpaired) electrons. The predicted octanol–water partition coefficient (Wildman–Crippen LogP) is 0.423. The van der Waals surface area contributed by atoms with E-state index in [0.717, 1.165) is 22.3 Å². The maximum absolute atomic E-state index is 10.6. The van der Waals surface area contributed by atoms with Crippen LogP contribution >= 0.6 is 0 Å². The lowest BCUT2D eigenvalue weighted by molar-refractivity contribution is -0.00000857. The van der Waals surface area contributed by atoms with Crippen LogP contribution in [-0.2, 0) is 13.1 Å². The van der Waals surface area contributed by atoms with Crippen LogP contribution in [-0.4, -0.2) is 34.1 Å². The molecule has 0 saturated carbocycles. The second-order valence-electron chi connectivity index (χ2n) is 7.14. The molecule has 0 aliphatic heterocycles. The van der Waals surface area contributed by atoms with Gasteiger partial charge in [0.15, 0.2) is 0 Å². The molecule has 0 aliphatic carbocycles. The molecule has 3 aromatic carbocycles. The SMILES string of the molecule is COc1ccc(OCC(O)Cn2c(=N)n(Cc3ccccc3)c3ccccc32)cc1.[Cl-]. The highest BCUT2D eigenvalue weighted by Gasteiger charge is 2.15. The van der Waals surface area contributed by atoms with Crippen molar-refractivity contribution in [2.24, 2.45) is 0 Å². The highest BCUT2D eigenvalue weighted by molar-refractivity contribution is 5.76. The first-order chi connectivity index (χ1) is 14.7. The summed E-state index contributed by atoms with van der Waals surface area (Å²) in [5, 5.41) is 19.3. The molecule has 4 rings (SSSR count). The Balaban J connectivity index is 0.00000272. The minimum absolute atomic E-state index is 0. The fourth-order valence-electron chi connectivity index (χ4n) is 3.53. The number of imidazole rings is 1. The van der Waals surface area contributed by atoms with E-state index in [4.69, 9.17) is 14.9 Å². The molecule has 7 heteroatoms. The third kappa shape index (κ3) is 5.10. The van der Waals surface area contributed by atoms with E-state index in [0.29, 0.717) is 17.9 Å². The smallest absolute Gasteiger partial charge is 0.203 e. The van der Waals surface area contributed by atoms with Crippen LogP contribution in [0.2, 0.25) is 0 Å². The van der Waals surface area contributed by atoms with E-state index >= 15 is 0 Å². The van der Waals surface area contributed by atoms with Gasteiger partial charge in [-0.3, -0.25) is 5.41 Å². The Hall–Kier alpha value is -3.22. The number of aliphatic hydroxyl groups is 1. The molecule has 0 spiro atoms. The van der Waals surface area contributed by atoms with E-state index in [1.807, 2.05) is 63.7 Å². The number of hydrogen-bond donors (Lipinski definition) is 2. The first-order valence-electron chi connectivity index (χ1n) is 9.87. The molecule has 0 saturated heterocycles. The topological polar surface area (TPSA) is 72.4 Å². The first kappa shape index (κ1) is 22.5. The van der Waals surface area contributed by atoms with Crippen LogP contribution in [0.25, 0.3) is 11.0 Å². The number of aliphatic hydroxyl groups excluding tert-OH is 1. The van der Waals surface area contributed by atoms with Crippen LogP contribution in [0.1, 0.15) is 5.56 Å². The minimum Gasteiger partial charge on any atom is -1.00 e. The molecule has 0 fully saturated rings. The molecule has 6 nitrogen and oxygen atoms in total. The summed E-state index contributed by atoms with van der Waals surface area (Å²) in [7, 11) is 1.61. The quantitative estimate of drug-likeness (QED) is 0.419. The van der Waals surface area contributed by atoms with E-state index in [9.17, 15) is 5.11 Å². The summed E-state index contributed by atoms with van der Waals surface area (Å²) in [6.07, 6.45) is -0.753. The molecule has 2 N–H and O–H groups in total. The van der Waals surface area contributed by atoms with Gasteiger partial charge in [0.25, 0.3) is 0 Å². The van der Waals surface area contributed by atoms with Gasteiger partial charge in [-0.05, 0) is 42.0 Å². The van der Waals surface area contributed by atoms with Crippen molar-refractivity contribution in [1.82, 2.24) is 9.13 Å². The number of fused-ring (bicyclic) bond motifs is 1. The van der Waals surface area contributed by atoms with Gasteiger partial charge in [0.2, 0.25) is 5.62 Å². The van der Waals surface area contributed by atoms with Gasteiger partial charge >= 0.3 is 0 Å². The van der Waals surface area contributed by atoms with Crippen molar-refractivity contribution in [3.8, 4) is 11.5 Å². The molecular formula is C24H25ClN3O3-. The Kier molecular flexibility index (Phi) is 7.39. The molecule has 1 atom stereocenters. The number of nitrogens with one attached hydrogen (secondary N) is 1. The molecular weight excluding hydrogens is 414 g/mol. The van der Waals surface area contributed by atoms with E-state index in [2.05, 4.69) is 12.1 Å². The number of rotatable bonds is 8. The molecule has 4 aromatic rings. The second kappa shape index (κ2) is 10.2. The highest BCUT2D eigenvalue weighted by Crippen LogP contribution is 2.18. The molecule has 31 heavy (non-hydrogen) atoms. The van der Waals surface area contributed by atoms with Gasteiger partial charge in [0.05, 0.1) is 31.2 Å².